The van der Waals surface area contributed by atoms with Crippen molar-refractivity contribution in [1.29, 1.82) is 0 Å². The van der Waals surface area contributed by atoms with Crippen LogP contribution in [-0.2, 0) is 17.8 Å². The fourth-order valence-corrected chi connectivity index (χ4v) is 3.77. The van der Waals surface area contributed by atoms with E-state index in [0.29, 0.717) is 13.0 Å². The minimum absolute atomic E-state index is 0.000476. The molecule has 0 radical (unpaired) electrons. The monoisotopic (exact) mass is 427 g/mol. The average Bonchev–Trinajstić information content (AvgIpc) is 3.07. The number of aromatic amines is 1. The van der Waals surface area contributed by atoms with Crippen molar-refractivity contribution in [3.05, 3.63) is 49.5 Å². The molecule has 0 aromatic carbocycles. The van der Waals surface area contributed by atoms with Gasteiger partial charge in [-0.3, -0.25) is 19.1 Å². The number of nitrogens with two attached hydrogens (primary N) is 1. The van der Waals surface area contributed by atoms with E-state index in [1.807, 2.05) is 33.8 Å². The van der Waals surface area contributed by atoms with Crippen LogP contribution in [0.2, 0.25) is 0 Å². The lowest BCUT2D eigenvalue weighted by atomic mass is 10.1. The first-order valence-electron chi connectivity index (χ1n) is 10.4. The molecule has 0 aliphatic heterocycles. The first kappa shape index (κ1) is 22.3. The van der Waals surface area contributed by atoms with E-state index in [-0.39, 0.29) is 23.8 Å². The van der Waals surface area contributed by atoms with Gasteiger partial charge in [-0.1, -0.05) is 13.3 Å². The Balaban J connectivity index is 1.86. The van der Waals surface area contributed by atoms with E-state index in [2.05, 4.69) is 15.1 Å². The third-order valence-corrected chi connectivity index (χ3v) is 5.53. The highest BCUT2D eigenvalue weighted by atomic mass is 16.2. The maximum atomic E-state index is 12.9. The first-order chi connectivity index (χ1) is 14.6. The maximum Gasteiger partial charge on any atom is 0.330 e. The van der Waals surface area contributed by atoms with E-state index in [4.69, 9.17) is 5.73 Å². The molecule has 3 N–H and O–H groups in total. The van der Waals surface area contributed by atoms with Crippen LogP contribution in [0, 0.1) is 20.8 Å². The second-order valence-corrected chi connectivity index (χ2v) is 7.77. The van der Waals surface area contributed by atoms with Gasteiger partial charge >= 0.3 is 5.69 Å². The molecule has 0 saturated carbocycles. The molecule has 0 spiro atoms. The minimum Gasteiger partial charge on any atom is -0.383 e. The number of hydrogen-bond acceptors (Lipinski definition) is 6. The van der Waals surface area contributed by atoms with Crippen molar-refractivity contribution in [3.8, 4) is 0 Å². The van der Waals surface area contributed by atoms with Crippen LogP contribution in [0.4, 0.5) is 11.5 Å². The lowest BCUT2D eigenvalue weighted by Crippen LogP contribution is -2.39. The lowest BCUT2D eigenvalue weighted by Gasteiger charge is -2.20. The number of unbranched alkanes of at least 4 members (excludes halogenated alkanes) is 1. The summed E-state index contributed by atoms with van der Waals surface area (Å²) in [7, 11) is 1.50. The van der Waals surface area contributed by atoms with Crippen molar-refractivity contribution >= 4 is 23.1 Å². The molecule has 0 fully saturated rings. The average molecular weight is 428 g/mol. The quantitative estimate of drug-likeness (QED) is 0.587. The van der Waals surface area contributed by atoms with Crippen molar-refractivity contribution in [3.63, 3.8) is 0 Å². The van der Waals surface area contributed by atoms with E-state index in [1.54, 1.807) is 4.52 Å². The Bertz CT molecular complexity index is 1250. The zero-order chi connectivity index (χ0) is 22.9. The molecule has 10 nitrogen and oxygen atoms in total. The van der Waals surface area contributed by atoms with Gasteiger partial charge in [0.05, 0.1) is 5.69 Å². The van der Waals surface area contributed by atoms with E-state index in [9.17, 15) is 14.4 Å². The molecular formula is C21H29N7O3. The topological polar surface area (TPSA) is 131 Å². The highest BCUT2D eigenvalue weighted by Crippen LogP contribution is 2.20. The summed E-state index contributed by atoms with van der Waals surface area (Å²) in [5, 5.41) is 4.45. The molecule has 3 heterocycles. The van der Waals surface area contributed by atoms with E-state index < -0.39 is 11.2 Å². The van der Waals surface area contributed by atoms with Crippen LogP contribution >= 0.6 is 0 Å². The number of hydrogen-bond donors (Lipinski definition) is 2. The van der Waals surface area contributed by atoms with Crippen molar-refractivity contribution in [1.82, 2.24) is 24.1 Å². The van der Waals surface area contributed by atoms with E-state index >= 15 is 0 Å². The molecule has 166 valence electrons. The van der Waals surface area contributed by atoms with Crippen LogP contribution in [0.3, 0.4) is 0 Å². The number of aromatic nitrogens is 5. The van der Waals surface area contributed by atoms with Gasteiger partial charge in [-0.2, -0.15) is 5.10 Å². The van der Waals surface area contributed by atoms with Crippen LogP contribution in [0.15, 0.2) is 15.7 Å². The first-order valence-corrected chi connectivity index (χ1v) is 10.4. The zero-order valence-corrected chi connectivity index (χ0v) is 18.7. The molecule has 0 aliphatic carbocycles. The minimum atomic E-state index is -0.673. The molecular weight excluding hydrogens is 398 g/mol. The Morgan fingerprint density at radius 3 is 2.65 bits per heavy atom. The summed E-state index contributed by atoms with van der Waals surface area (Å²) in [4.78, 5) is 45.5. The number of anilines is 2. The van der Waals surface area contributed by atoms with Gasteiger partial charge in [-0.25, -0.2) is 14.3 Å². The largest absolute Gasteiger partial charge is 0.383 e. The molecule has 3 aromatic rings. The molecule has 0 aliphatic rings. The second kappa shape index (κ2) is 8.75. The van der Waals surface area contributed by atoms with Gasteiger partial charge in [0.15, 0.2) is 11.3 Å². The number of carbonyl (C=O) groups excluding carboxylic acids is 1. The summed E-state index contributed by atoms with van der Waals surface area (Å²) < 4.78 is 3.08. The Kier molecular flexibility index (Phi) is 6.28. The summed E-state index contributed by atoms with van der Waals surface area (Å²) in [6.45, 7) is 8.13. The Morgan fingerprint density at radius 1 is 1.26 bits per heavy atom. The molecule has 0 bridgehead atoms. The Hall–Kier alpha value is -3.43. The number of nitrogens with one attached hydrogen (secondary N) is 1. The fraction of sp³-hybridized carbons (Fsp3) is 0.476. The van der Waals surface area contributed by atoms with Gasteiger partial charge in [0.25, 0.3) is 5.56 Å². The van der Waals surface area contributed by atoms with Gasteiger partial charge in [0, 0.05) is 37.5 Å². The molecule has 10 heteroatoms. The summed E-state index contributed by atoms with van der Waals surface area (Å²) in [5.74, 6) is -0.283. The van der Waals surface area contributed by atoms with Gasteiger partial charge in [-0.05, 0) is 39.2 Å². The molecule has 3 rings (SSSR count). The third-order valence-electron chi connectivity index (χ3n) is 5.53. The zero-order valence-electron chi connectivity index (χ0n) is 18.7. The normalized spacial score (nSPS) is 11.3. The van der Waals surface area contributed by atoms with Crippen LogP contribution in [0.25, 0.3) is 5.65 Å². The number of nitrogen functional groups attached to an aromatic ring is 1. The molecule has 0 atom stereocenters. The van der Waals surface area contributed by atoms with Crippen LogP contribution < -0.4 is 21.9 Å². The van der Waals surface area contributed by atoms with E-state index in [1.165, 1.54) is 16.5 Å². The number of aryl methyl sites for hydroxylation is 3. The molecule has 0 unspecified atom stereocenters. The van der Waals surface area contributed by atoms with Crippen molar-refractivity contribution < 1.29 is 4.79 Å². The van der Waals surface area contributed by atoms with Crippen LogP contribution in [-0.4, -0.2) is 37.1 Å². The van der Waals surface area contributed by atoms with Gasteiger partial charge in [0.2, 0.25) is 5.91 Å². The highest BCUT2D eigenvalue weighted by molar-refractivity contribution is 5.95. The fourth-order valence-electron chi connectivity index (χ4n) is 3.77. The molecule has 0 saturated heterocycles. The Labute approximate surface area is 179 Å². The summed E-state index contributed by atoms with van der Waals surface area (Å²) in [6, 6.07) is 1.91. The highest BCUT2D eigenvalue weighted by Gasteiger charge is 2.21. The molecule has 31 heavy (non-hydrogen) atoms. The van der Waals surface area contributed by atoms with E-state index in [0.717, 1.165) is 41.1 Å². The summed E-state index contributed by atoms with van der Waals surface area (Å²) >= 11 is 0. The number of fused-ring (bicyclic) bond motifs is 1. The summed E-state index contributed by atoms with van der Waals surface area (Å²) in [6.07, 6.45) is 2.19. The molecule has 3 aromatic heterocycles. The number of amides is 1. The predicted octanol–water partition coefficient (Wildman–Crippen LogP) is 1.48. The van der Waals surface area contributed by atoms with Crippen molar-refractivity contribution in [2.24, 2.45) is 0 Å². The maximum absolute atomic E-state index is 12.9. The number of carbonyl (C=O) groups is 1. The standard InChI is InChI=1S/C21H29N7O3/c1-6-7-10-27-19(22)18(20(30)24-21(27)31)26(5)17(29)9-8-15-13(3)23-16-11-12(2)25-28(16)14(15)4/h11H,6-10,22H2,1-5H3,(H,24,30,31). The lowest BCUT2D eigenvalue weighted by molar-refractivity contribution is -0.118. The van der Waals surface area contributed by atoms with Gasteiger partial charge in [-0.15, -0.1) is 0 Å². The number of rotatable bonds is 7. The van der Waals surface area contributed by atoms with Crippen LogP contribution in [0.1, 0.15) is 48.8 Å². The van der Waals surface area contributed by atoms with Gasteiger partial charge < -0.3 is 10.6 Å². The van der Waals surface area contributed by atoms with Gasteiger partial charge in [0.1, 0.15) is 5.82 Å². The SMILES string of the molecule is CCCCn1c(N)c(N(C)C(=O)CCc2c(C)nc3cc(C)nn3c2C)c(=O)[nH]c1=O. The predicted molar refractivity (Wildman–Crippen MR) is 120 cm³/mol. The number of H-pyrrole nitrogens is 1. The molecule has 1 amide bonds. The van der Waals surface area contributed by atoms with Crippen LogP contribution in [0.5, 0.6) is 0 Å². The Morgan fingerprint density at radius 2 is 1.97 bits per heavy atom. The third kappa shape index (κ3) is 4.23. The summed E-state index contributed by atoms with van der Waals surface area (Å²) in [5.41, 5.74) is 9.21. The van der Waals surface area contributed by atoms with Crippen molar-refractivity contribution in [2.75, 3.05) is 17.7 Å². The van der Waals surface area contributed by atoms with Crippen molar-refractivity contribution in [2.45, 2.75) is 59.9 Å². The second-order valence-electron chi connectivity index (χ2n) is 7.77. The number of nitrogens with zero attached hydrogens (tertiary/aromatic N) is 5. The smallest absolute Gasteiger partial charge is 0.330 e.